The van der Waals surface area contributed by atoms with Crippen molar-refractivity contribution < 1.29 is 14.3 Å². The molecule has 0 unspecified atom stereocenters. The highest BCUT2D eigenvalue weighted by Gasteiger charge is 2.01. The Hall–Kier alpha value is -1.32. The molecule has 256 valence electrons. The summed E-state index contributed by atoms with van der Waals surface area (Å²) in [6.07, 6.45) is 43.3. The van der Waals surface area contributed by atoms with E-state index in [2.05, 4.69) is 20.4 Å². The number of esters is 1. The molecule has 0 radical (unpaired) electrons. The summed E-state index contributed by atoms with van der Waals surface area (Å²) in [6, 6.07) is 0. The highest BCUT2D eigenvalue weighted by molar-refractivity contribution is 5.73. The van der Waals surface area contributed by atoms with Crippen LogP contribution >= 0.6 is 0 Å². The Bertz CT molecular complexity index is 563. The number of nitrogens with two attached hydrogens (primary N) is 1. The minimum Gasteiger partial charge on any atom is -0.461 e. The quantitative estimate of drug-likeness (QED) is 0.0449. The van der Waals surface area contributed by atoms with Gasteiger partial charge in [0.15, 0.2) is 0 Å². The first-order valence-corrected chi connectivity index (χ1v) is 19.1. The Morgan fingerprint density at radius 1 is 0.465 bits per heavy atom. The molecule has 0 atom stereocenters. The second kappa shape index (κ2) is 40.7. The molecule has 0 aromatic carbocycles. The highest BCUT2D eigenvalue weighted by Crippen LogP contribution is 2.15. The van der Waals surface area contributed by atoms with Crippen LogP contribution in [0.5, 0.6) is 0 Å². The third kappa shape index (κ3) is 45.2. The maximum absolute atomic E-state index is 11.3. The molecule has 4 nitrogen and oxygen atoms in total. The molecule has 0 fully saturated rings. The van der Waals surface area contributed by atoms with Crippen LogP contribution in [0, 0.1) is 0 Å². The van der Waals surface area contributed by atoms with Crippen LogP contribution in [0.4, 0.5) is 0 Å². The van der Waals surface area contributed by atoms with Gasteiger partial charge in [0, 0.05) is 12.8 Å². The molecule has 4 heteroatoms. The van der Waals surface area contributed by atoms with Crippen LogP contribution in [0.2, 0.25) is 0 Å². The van der Waals surface area contributed by atoms with Crippen LogP contribution < -0.4 is 5.73 Å². The smallest absolute Gasteiger partial charge is 0.306 e. The predicted octanol–water partition coefficient (Wildman–Crippen LogP) is 12.7. The van der Waals surface area contributed by atoms with E-state index >= 15 is 0 Å². The van der Waals surface area contributed by atoms with Crippen LogP contribution in [0.15, 0.2) is 12.7 Å². The van der Waals surface area contributed by atoms with Crippen LogP contribution in [0.1, 0.15) is 219 Å². The maximum atomic E-state index is 11.3. The van der Waals surface area contributed by atoms with Crippen molar-refractivity contribution >= 4 is 11.9 Å². The molecule has 0 aromatic heterocycles. The average Bonchev–Trinajstić information content (AvgIpc) is 3.00. The number of carbonyl (C=O) groups is 2. The first-order valence-electron chi connectivity index (χ1n) is 19.1. The fourth-order valence-corrected chi connectivity index (χ4v) is 5.54. The van der Waals surface area contributed by atoms with Gasteiger partial charge in [0.2, 0.25) is 5.91 Å². The Kier molecular flexibility index (Phi) is 41.4. The third-order valence-corrected chi connectivity index (χ3v) is 8.37. The zero-order chi connectivity index (χ0) is 31.9. The van der Waals surface area contributed by atoms with Gasteiger partial charge < -0.3 is 10.5 Å². The van der Waals surface area contributed by atoms with E-state index in [1.54, 1.807) is 6.08 Å². The molecular formula is C39H77NO3. The summed E-state index contributed by atoms with van der Waals surface area (Å²) in [5, 5.41) is 0. The lowest BCUT2D eigenvalue weighted by atomic mass is 10.0. The molecule has 0 rings (SSSR count). The van der Waals surface area contributed by atoms with Crippen molar-refractivity contribution in [3.05, 3.63) is 12.7 Å². The first kappa shape index (κ1) is 43.8. The van der Waals surface area contributed by atoms with Gasteiger partial charge in [-0.2, -0.15) is 0 Å². The van der Waals surface area contributed by atoms with Crippen molar-refractivity contribution in [2.45, 2.75) is 219 Å². The van der Waals surface area contributed by atoms with Crippen molar-refractivity contribution in [2.75, 3.05) is 6.61 Å². The van der Waals surface area contributed by atoms with Crippen LogP contribution in [0.3, 0.4) is 0 Å². The molecule has 0 aliphatic heterocycles. The van der Waals surface area contributed by atoms with E-state index in [9.17, 15) is 9.59 Å². The van der Waals surface area contributed by atoms with E-state index in [4.69, 9.17) is 10.5 Å². The molecule has 0 spiro atoms. The van der Waals surface area contributed by atoms with Gasteiger partial charge in [-0.15, -0.1) is 0 Å². The average molecular weight is 608 g/mol. The number of carbonyl (C=O) groups excluding carboxylic acids is 2. The van der Waals surface area contributed by atoms with E-state index in [0.717, 1.165) is 19.3 Å². The minimum atomic E-state index is -0.153. The van der Waals surface area contributed by atoms with Gasteiger partial charge in [-0.25, -0.2) is 0 Å². The Balaban J connectivity index is 0. The number of amides is 1. The Morgan fingerprint density at radius 3 is 0.977 bits per heavy atom. The fraction of sp³-hybridized carbons (Fsp3) is 0.897. The van der Waals surface area contributed by atoms with Gasteiger partial charge in [-0.05, 0) is 12.8 Å². The molecule has 0 saturated heterocycles. The molecule has 0 saturated carbocycles. The number of rotatable bonds is 34. The summed E-state index contributed by atoms with van der Waals surface area (Å²) < 4.78 is 4.95. The monoisotopic (exact) mass is 608 g/mol. The van der Waals surface area contributed by atoms with Crippen molar-refractivity contribution in [1.29, 1.82) is 0 Å². The Labute approximate surface area is 270 Å². The summed E-state index contributed by atoms with van der Waals surface area (Å²) in [4.78, 5) is 21.8. The van der Waals surface area contributed by atoms with Gasteiger partial charge in [0.1, 0.15) is 6.61 Å². The van der Waals surface area contributed by atoms with Crippen LogP contribution in [-0.2, 0) is 14.3 Å². The summed E-state index contributed by atoms with van der Waals surface area (Å²) in [7, 11) is 0. The number of unbranched alkanes of at least 4 members (excludes halogenated alkanes) is 28. The third-order valence-electron chi connectivity index (χ3n) is 8.37. The second-order valence-corrected chi connectivity index (χ2v) is 12.8. The lowest BCUT2D eigenvalue weighted by Gasteiger charge is -2.04. The number of ether oxygens (including phenoxy) is 1. The van der Waals surface area contributed by atoms with E-state index in [1.165, 1.54) is 173 Å². The van der Waals surface area contributed by atoms with Crippen LogP contribution in [-0.4, -0.2) is 18.5 Å². The SMILES string of the molecule is C=CCOC(=O)CCCCCCCCCCCCCCCCC.CCCCCCCCCCCCCCCCCC(N)=O. The maximum Gasteiger partial charge on any atom is 0.306 e. The molecule has 43 heavy (non-hydrogen) atoms. The van der Waals surface area contributed by atoms with Crippen molar-refractivity contribution in [3.8, 4) is 0 Å². The number of hydrogen-bond donors (Lipinski definition) is 1. The molecular weight excluding hydrogens is 530 g/mol. The zero-order valence-corrected chi connectivity index (χ0v) is 29.4. The van der Waals surface area contributed by atoms with E-state index < -0.39 is 0 Å². The summed E-state index contributed by atoms with van der Waals surface area (Å²) in [5.74, 6) is -0.237. The van der Waals surface area contributed by atoms with Gasteiger partial charge in [0.25, 0.3) is 0 Å². The summed E-state index contributed by atoms with van der Waals surface area (Å²) in [5.41, 5.74) is 5.11. The zero-order valence-electron chi connectivity index (χ0n) is 29.4. The predicted molar refractivity (Wildman–Crippen MR) is 189 cm³/mol. The van der Waals surface area contributed by atoms with Crippen LogP contribution in [0.25, 0.3) is 0 Å². The molecule has 2 N–H and O–H groups in total. The molecule has 1 amide bonds. The topological polar surface area (TPSA) is 69.4 Å². The second-order valence-electron chi connectivity index (χ2n) is 12.8. The van der Waals surface area contributed by atoms with Gasteiger partial charge >= 0.3 is 5.97 Å². The highest BCUT2D eigenvalue weighted by atomic mass is 16.5. The van der Waals surface area contributed by atoms with Gasteiger partial charge in [-0.3, -0.25) is 9.59 Å². The van der Waals surface area contributed by atoms with Crippen molar-refractivity contribution in [1.82, 2.24) is 0 Å². The van der Waals surface area contributed by atoms with Crippen molar-refractivity contribution in [2.24, 2.45) is 5.73 Å². The van der Waals surface area contributed by atoms with E-state index in [1.807, 2.05) is 0 Å². The Morgan fingerprint density at radius 2 is 0.721 bits per heavy atom. The lowest BCUT2D eigenvalue weighted by molar-refractivity contribution is -0.142. The molecule has 0 aliphatic rings. The normalized spacial score (nSPS) is 10.7. The summed E-state index contributed by atoms with van der Waals surface area (Å²) >= 11 is 0. The fourth-order valence-electron chi connectivity index (χ4n) is 5.54. The van der Waals surface area contributed by atoms with E-state index in [-0.39, 0.29) is 11.9 Å². The standard InChI is InChI=1S/C21H40O2.C18H37NO/c1-3-5-6-7-8-9-10-11-12-13-14-15-16-17-18-19-21(22)23-20-4-2;1-2-3-4-5-6-7-8-9-10-11-12-13-14-15-16-17-18(19)20/h4H,2-3,5-20H2,1H3;2-17H2,1H3,(H2,19,20). The van der Waals surface area contributed by atoms with Crippen molar-refractivity contribution in [3.63, 3.8) is 0 Å². The number of hydrogen-bond acceptors (Lipinski definition) is 3. The molecule has 0 aromatic rings. The summed E-state index contributed by atoms with van der Waals surface area (Å²) in [6.45, 7) is 8.43. The number of primary amides is 1. The van der Waals surface area contributed by atoms with Gasteiger partial charge in [-0.1, -0.05) is 206 Å². The largest absolute Gasteiger partial charge is 0.461 e. The molecule has 0 bridgehead atoms. The lowest BCUT2D eigenvalue weighted by Crippen LogP contribution is -2.09. The minimum absolute atomic E-state index is 0.0837. The van der Waals surface area contributed by atoms with E-state index in [0.29, 0.717) is 19.4 Å². The first-order chi connectivity index (χ1) is 21.1. The molecule has 0 aliphatic carbocycles. The van der Waals surface area contributed by atoms with Gasteiger partial charge in [0.05, 0.1) is 0 Å². The molecule has 0 heterocycles.